The molecule has 3 rings (SSSR count). The molecule has 1 aliphatic rings. The lowest BCUT2D eigenvalue weighted by atomic mass is 10.1. The highest BCUT2D eigenvalue weighted by Crippen LogP contribution is 2.23. The summed E-state index contributed by atoms with van der Waals surface area (Å²) in [4.78, 5) is 13.9. The predicted octanol–water partition coefficient (Wildman–Crippen LogP) is 2.23. The molecule has 3 heterocycles. The zero-order chi connectivity index (χ0) is 17.1. The van der Waals surface area contributed by atoms with Crippen LogP contribution in [-0.2, 0) is 13.6 Å². The normalized spacial score (nSPS) is 18.2. The molecule has 0 amide bonds. The van der Waals surface area contributed by atoms with E-state index >= 15 is 0 Å². The van der Waals surface area contributed by atoms with E-state index in [0.29, 0.717) is 12.1 Å². The highest BCUT2D eigenvalue weighted by Gasteiger charge is 2.26. The highest BCUT2D eigenvalue weighted by atomic mass is 35.5. The first kappa shape index (κ1) is 19.7. The van der Waals surface area contributed by atoms with E-state index in [2.05, 4.69) is 69.7 Å². The largest absolute Gasteiger partial charge is 0.357 e. The third kappa shape index (κ3) is 4.51. The summed E-state index contributed by atoms with van der Waals surface area (Å²) in [5, 5.41) is 3.49. The lowest BCUT2D eigenvalue weighted by Gasteiger charge is -2.35. The van der Waals surface area contributed by atoms with Crippen LogP contribution in [0.5, 0.6) is 0 Å². The number of hydrogen-bond donors (Lipinski definition) is 1. The Hall–Kier alpha value is -1.63. The lowest BCUT2D eigenvalue weighted by Crippen LogP contribution is -2.46. The molecule has 2 aromatic heterocycles. The monoisotopic (exact) mass is 364 g/mol. The second-order valence-electron chi connectivity index (χ2n) is 6.82. The molecule has 6 nitrogen and oxygen atoms in total. The van der Waals surface area contributed by atoms with E-state index in [4.69, 9.17) is 0 Å². The zero-order valence-electron chi connectivity index (χ0n) is 15.5. The Morgan fingerprint density at radius 2 is 2.12 bits per heavy atom. The van der Waals surface area contributed by atoms with Crippen LogP contribution in [0, 0.1) is 0 Å². The third-order valence-corrected chi connectivity index (χ3v) is 4.84. The first-order valence-electron chi connectivity index (χ1n) is 8.66. The van der Waals surface area contributed by atoms with Gasteiger partial charge >= 0.3 is 0 Å². The van der Waals surface area contributed by atoms with E-state index < -0.39 is 0 Å². The van der Waals surface area contributed by atoms with Crippen molar-refractivity contribution in [1.29, 1.82) is 0 Å². The smallest absolute Gasteiger partial charge is 0.128 e. The minimum absolute atomic E-state index is 0. The summed E-state index contributed by atoms with van der Waals surface area (Å²) in [7, 11) is 4.15. The van der Waals surface area contributed by atoms with Gasteiger partial charge in [0, 0.05) is 64.9 Å². The van der Waals surface area contributed by atoms with Gasteiger partial charge in [-0.15, -0.1) is 12.4 Å². The van der Waals surface area contributed by atoms with Gasteiger partial charge in [0.25, 0.3) is 0 Å². The molecule has 0 bridgehead atoms. The number of aromatic nitrogens is 3. The average Bonchev–Trinajstić information content (AvgIpc) is 3.01. The third-order valence-electron chi connectivity index (χ3n) is 4.84. The molecule has 1 aliphatic heterocycles. The molecular formula is C18H29ClN6. The first-order valence-corrected chi connectivity index (χ1v) is 8.66. The van der Waals surface area contributed by atoms with E-state index in [1.807, 2.05) is 18.6 Å². The van der Waals surface area contributed by atoms with Crippen LogP contribution in [0.3, 0.4) is 0 Å². The minimum Gasteiger partial charge on any atom is -0.357 e. The summed E-state index contributed by atoms with van der Waals surface area (Å²) in [6, 6.07) is 5.06. The molecule has 0 aromatic carbocycles. The summed E-state index contributed by atoms with van der Waals surface area (Å²) >= 11 is 0. The topological polar surface area (TPSA) is 49.2 Å². The number of pyridine rings is 1. The number of nitrogens with zero attached hydrogens (tertiary/aromatic N) is 5. The van der Waals surface area contributed by atoms with Crippen molar-refractivity contribution in [3.05, 3.63) is 42.1 Å². The fourth-order valence-electron chi connectivity index (χ4n) is 3.11. The maximum atomic E-state index is 4.63. The zero-order valence-corrected chi connectivity index (χ0v) is 16.3. The van der Waals surface area contributed by atoms with Crippen molar-refractivity contribution in [3.8, 4) is 0 Å². The van der Waals surface area contributed by atoms with Crippen LogP contribution in [0.15, 0.2) is 30.7 Å². The van der Waals surface area contributed by atoms with Gasteiger partial charge in [-0.25, -0.2) is 9.97 Å². The fourth-order valence-corrected chi connectivity index (χ4v) is 3.11. The van der Waals surface area contributed by atoms with Gasteiger partial charge < -0.3 is 14.8 Å². The Bertz CT molecular complexity index is 654. The Morgan fingerprint density at radius 1 is 1.32 bits per heavy atom. The summed E-state index contributed by atoms with van der Waals surface area (Å²) in [6.45, 7) is 8.22. The van der Waals surface area contributed by atoms with Gasteiger partial charge in [0.15, 0.2) is 0 Å². The standard InChI is InChI=1S/C18H28N6.ClH/c1-14(2)23(4)17-6-5-15(11-21-17)13-24-10-7-19-12-16(24)18-20-8-9-22(18)3;/h5-6,8-9,11,14,16,19H,7,10,12-13H2,1-4H3;1H. The van der Waals surface area contributed by atoms with Crippen molar-refractivity contribution in [3.63, 3.8) is 0 Å². The number of hydrogen-bond acceptors (Lipinski definition) is 5. The van der Waals surface area contributed by atoms with Gasteiger partial charge in [-0.3, -0.25) is 4.90 Å². The van der Waals surface area contributed by atoms with Crippen LogP contribution in [0.1, 0.15) is 31.3 Å². The van der Waals surface area contributed by atoms with E-state index in [-0.39, 0.29) is 12.4 Å². The van der Waals surface area contributed by atoms with Crippen LogP contribution >= 0.6 is 12.4 Å². The van der Waals surface area contributed by atoms with Gasteiger partial charge in [-0.1, -0.05) is 6.07 Å². The van der Waals surface area contributed by atoms with Crippen LogP contribution in [0.2, 0.25) is 0 Å². The van der Waals surface area contributed by atoms with E-state index in [1.54, 1.807) is 0 Å². The number of imidazole rings is 1. The number of piperazine rings is 1. The molecule has 1 fully saturated rings. The molecule has 25 heavy (non-hydrogen) atoms. The molecule has 138 valence electrons. The Labute approximate surface area is 156 Å². The quantitative estimate of drug-likeness (QED) is 0.881. The average molecular weight is 365 g/mol. The van der Waals surface area contributed by atoms with Crippen molar-refractivity contribution in [2.24, 2.45) is 7.05 Å². The second-order valence-corrected chi connectivity index (χ2v) is 6.82. The molecule has 2 aromatic rings. The molecule has 1 unspecified atom stereocenters. The van der Waals surface area contributed by atoms with E-state index in [0.717, 1.165) is 37.8 Å². The molecule has 0 radical (unpaired) electrons. The number of rotatable bonds is 5. The maximum Gasteiger partial charge on any atom is 0.128 e. The number of anilines is 1. The summed E-state index contributed by atoms with van der Waals surface area (Å²) in [6.07, 6.45) is 5.90. The molecular weight excluding hydrogens is 336 g/mol. The molecule has 1 saturated heterocycles. The van der Waals surface area contributed by atoms with Crippen molar-refractivity contribution in [1.82, 2.24) is 24.8 Å². The summed E-state index contributed by atoms with van der Waals surface area (Å²) < 4.78 is 2.11. The van der Waals surface area contributed by atoms with Gasteiger partial charge in [0.2, 0.25) is 0 Å². The molecule has 0 aliphatic carbocycles. The highest BCUT2D eigenvalue weighted by molar-refractivity contribution is 5.85. The van der Waals surface area contributed by atoms with Crippen molar-refractivity contribution in [2.75, 3.05) is 31.6 Å². The van der Waals surface area contributed by atoms with Crippen LogP contribution in [0.25, 0.3) is 0 Å². The van der Waals surface area contributed by atoms with Gasteiger partial charge in [0.05, 0.1) is 6.04 Å². The minimum atomic E-state index is 0. The van der Waals surface area contributed by atoms with Gasteiger partial charge in [-0.05, 0) is 25.5 Å². The molecule has 1 atom stereocenters. The fraction of sp³-hybridized carbons (Fsp3) is 0.556. The van der Waals surface area contributed by atoms with Crippen molar-refractivity contribution >= 4 is 18.2 Å². The van der Waals surface area contributed by atoms with Gasteiger partial charge in [0.1, 0.15) is 11.6 Å². The van der Waals surface area contributed by atoms with E-state index in [1.165, 1.54) is 5.56 Å². The Balaban J connectivity index is 0.00000225. The summed E-state index contributed by atoms with van der Waals surface area (Å²) in [5.41, 5.74) is 1.25. The Morgan fingerprint density at radius 3 is 2.72 bits per heavy atom. The predicted molar refractivity (Wildman–Crippen MR) is 104 cm³/mol. The SMILES string of the molecule is CC(C)N(C)c1ccc(CN2CCNCC2c2nccn2C)cn1.Cl. The number of aryl methyl sites for hydroxylation is 1. The van der Waals surface area contributed by atoms with Crippen LogP contribution in [0.4, 0.5) is 5.82 Å². The molecule has 1 N–H and O–H groups in total. The van der Waals surface area contributed by atoms with Crippen molar-refractivity contribution < 1.29 is 0 Å². The molecule has 0 saturated carbocycles. The number of halogens is 1. The molecule has 0 spiro atoms. The van der Waals surface area contributed by atoms with Crippen LogP contribution in [-0.4, -0.2) is 52.2 Å². The van der Waals surface area contributed by atoms with E-state index in [9.17, 15) is 0 Å². The lowest BCUT2D eigenvalue weighted by molar-refractivity contribution is 0.144. The first-order chi connectivity index (χ1) is 11.6. The van der Waals surface area contributed by atoms with Crippen molar-refractivity contribution in [2.45, 2.75) is 32.5 Å². The van der Waals surface area contributed by atoms with Crippen LogP contribution < -0.4 is 10.2 Å². The summed E-state index contributed by atoms with van der Waals surface area (Å²) in [5.74, 6) is 2.14. The molecule has 7 heteroatoms. The maximum absolute atomic E-state index is 4.63. The number of nitrogens with one attached hydrogen (secondary N) is 1. The second kappa shape index (κ2) is 8.65. The van der Waals surface area contributed by atoms with Gasteiger partial charge in [-0.2, -0.15) is 0 Å². The Kier molecular flexibility index (Phi) is 6.81.